The molecule has 0 amide bonds. The minimum Gasteiger partial charge on any atom is -0.356 e. The molecule has 1 saturated heterocycles. The first-order valence-electron chi connectivity index (χ1n) is 6.11. The Bertz CT molecular complexity index is 398. The van der Waals surface area contributed by atoms with E-state index < -0.39 is 0 Å². The summed E-state index contributed by atoms with van der Waals surface area (Å²) in [5.41, 5.74) is 7.33. The highest BCUT2D eigenvalue weighted by atomic mass is 79.9. The van der Waals surface area contributed by atoms with Gasteiger partial charge in [-0.3, -0.25) is 0 Å². The molecule has 17 heavy (non-hydrogen) atoms. The predicted molar refractivity (Wildman–Crippen MR) is 75.3 cm³/mol. The van der Waals surface area contributed by atoms with Crippen LogP contribution >= 0.6 is 15.9 Å². The lowest BCUT2D eigenvalue weighted by Gasteiger charge is -2.39. The molecule has 1 aliphatic rings. The molecular weight excluding hydrogens is 278 g/mol. The van der Waals surface area contributed by atoms with Gasteiger partial charge in [-0.15, -0.1) is 0 Å². The third kappa shape index (κ3) is 2.80. The Labute approximate surface area is 112 Å². The number of hydrogen-bond donors (Lipinski definition) is 1. The molecule has 2 heterocycles. The first-order valence-corrected chi connectivity index (χ1v) is 6.90. The van der Waals surface area contributed by atoms with E-state index >= 15 is 0 Å². The van der Waals surface area contributed by atoms with Crippen LogP contribution in [0.2, 0.25) is 0 Å². The van der Waals surface area contributed by atoms with Crippen molar-refractivity contribution >= 4 is 21.7 Å². The summed E-state index contributed by atoms with van der Waals surface area (Å²) in [6.45, 7) is 7.21. The normalized spacial score (nSPS) is 19.4. The molecule has 2 rings (SSSR count). The zero-order valence-electron chi connectivity index (χ0n) is 10.5. The molecule has 0 saturated carbocycles. The fraction of sp³-hybridized carbons (Fsp3) is 0.615. The Morgan fingerprint density at radius 1 is 1.47 bits per heavy atom. The molecule has 0 aliphatic carbocycles. The smallest absolute Gasteiger partial charge is 0.142 e. The van der Waals surface area contributed by atoms with Gasteiger partial charge in [0.2, 0.25) is 0 Å². The number of hydrogen-bond acceptors (Lipinski definition) is 3. The Morgan fingerprint density at radius 2 is 2.12 bits per heavy atom. The van der Waals surface area contributed by atoms with Gasteiger partial charge in [-0.05, 0) is 59.3 Å². The minimum atomic E-state index is 0.313. The molecule has 0 unspecified atom stereocenters. The van der Waals surface area contributed by atoms with Crippen LogP contribution in [0.1, 0.15) is 25.3 Å². The zero-order chi connectivity index (χ0) is 12.5. The molecule has 0 spiro atoms. The Kier molecular flexibility index (Phi) is 3.73. The van der Waals surface area contributed by atoms with Crippen LogP contribution in [0.15, 0.2) is 16.7 Å². The van der Waals surface area contributed by atoms with Crippen molar-refractivity contribution < 1.29 is 0 Å². The van der Waals surface area contributed by atoms with E-state index in [1.807, 2.05) is 6.20 Å². The monoisotopic (exact) mass is 297 g/mol. The molecule has 2 N–H and O–H groups in total. The summed E-state index contributed by atoms with van der Waals surface area (Å²) < 4.78 is 1.09. The van der Waals surface area contributed by atoms with E-state index in [2.05, 4.69) is 45.7 Å². The van der Waals surface area contributed by atoms with E-state index in [1.165, 1.54) is 5.56 Å². The van der Waals surface area contributed by atoms with Gasteiger partial charge in [0.05, 0.1) is 4.47 Å². The zero-order valence-corrected chi connectivity index (χ0v) is 12.1. The average Bonchev–Trinajstić information content (AvgIpc) is 2.31. The van der Waals surface area contributed by atoms with Crippen LogP contribution in [0.4, 0.5) is 5.82 Å². The van der Waals surface area contributed by atoms with Crippen LogP contribution in [0, 0.1) is 12.3 Å². The summed E-state index contributed by atoms with van der Waals surface area (Å²) in [4.78, 5) is 6.87. The lowest BCUT2D eigenvalue weighted by Crippen LogP contribution is -2.42. The van der Waals surface area contributed by atoms with Crippen molar-refractivity contribution in [3.63, 3.8) is 0 Å². The van der Waals surface area contributed by atoms with Crippen molar-refractivity contribution in [2.24, 2.45) is 11.1 Å². The van der Waals surface area contributed by atoms with Crippen LogP contribution in [0.5, 0.6) is 0 Å². The molecule has 0 aromatic carbocycles. The molecule has 1 aliphatic heterocycles. The first-order chi connectivity index (χ1) is 8.04. The highest BCUT2D eigenvalue weighted by molar-refractivity contribution is 9.10. The lowest BCUT2D eigenvalue weighted by molar-refractivity contribution is 0.258. The number of nitrogens with two attached hydrogens (primary N) is 1. The molecule has 1 fully saturated rings. The first kappa shape index (κ1) is 12.8. The topological polar surface area (TPSA) is 42.2 Å². The van der Waals surface area contributed by atoms with Crippen LogP contribution in [-0.4, -0.2) is 24.6 Å². The maximum absolute atomic E-state index is 5.83. The summed E-state index contributed by atoms with van der Waals surface area (Å²) in [6.07, 6.45) is 4.22. The van der Waals surface area contributed by atoms with E-state index in [1.54, 1.807) is 0 Å². The summed E-state index contributed by atoms with van der Waals surface area (Å²) in [7, 11) is 0. The molecule has 4 heteroatoms. The third-order valence-electron chi connectivity index (χ3n) is 3.72. The van der Waals surface area contributed by atoms with E-state index in [-0.39, 0.29) is 0 Å². The Hall–Kier alpha value is -0.610. The largest absolute Gasteiger partial charge is 0.356 e. The van der Waals surface area contributed by atoms with Crippen molar-refractivity contribution in [2.75, 3.05) is 24.5 Å². The van der Waals surface area contributed by atoms with Crippen molar-refractivity contribution in [2.45, 2.75) is 26.7 Å². The highest BCUT2D eigenvalue weighted by Gasteiger charge is 2.29. The second kappa shape index (κ2) is 4.94. The fourth-order valence-corrected chi connectivity index (χ4v) is 2.94. The van der Waals surface area contributed by atoms with Crippen LogP contribution in [-0.2, 0) is 0 Å². The quantitative estimate of drug-likeness (QED) is 0.913. The van der Waals surface area contributed by atoms with Gasteiger partial charge in [0.25, 0.3) is 0 Å². The highest BCUT2D eigenvalue weighted by Crippen LogP contribution is 2.33. The van der Waals surface area contributed by atoms with Crippen molar-refractivity contribution in [1.29, 1.82) is 0 Å². The number of rotatable bonds is 2. The van der Waals surface area contributed by atoms with Crippen molar-refractivity contribution in [3.8, 4) is 0 Å². The van der Waals surface area contributed by atoms with E-state index in [0.717, 1.165) is 42.8 Å². The van der Waals surface area contributed by atoms with E-state index in [9.17, 15) is 0 Å². The summed E-state index contributed by atoms with van der Waals surface area (Å²) in [5, 5.41) is 0. The molecule has 94 valence electrons. The SMILES string of the molecule is Cc1cnc(N2CCC(C)(CN)CC2)c(Br)c1. The Morgan fingerprint density at radius 3 is 2.65 bits per heavy atom. The summed E-state index contributed by atoms with van der Waals surface area (Å²) in [5.74, 6) is 1.06. The van der Waals surface area contributed by atoms with Crippen LogP contribution in [0.25, 0.3) is 0 Å². The van der Waals surface area contributed by atoms with Gasteiger partial charge < -0.3 is 10.6 Å². The second-order valence-corrected chi connectivity index (χ2v) is 6.17. The molecule has 0 radical (unpaired) electrons. The van der Waals surface area contributed by atoms with Gasteiger partial charge >= 0.3 is 0 Å². The van der Waals surface area contributed by atoms with Crippen molar-refractivity contribution in [1.82, 2.24) is 4.98 Å². The molecule has 3 nitrogen and oxygen atoms in total. The standard InChI is InChI=1S/C13H20BrN3/c1-10-7-11(14)12(16-8-10)17-5-3-13(2,9-15)4-6-17/h7-8H,3-6,9,15H2,1-2H3. The number of aryl methyl sites for hydroxylation is 1. The molecule has 0 bridgehead atoms. The van der Waals surface area contributed by atoms with Gasteiger partial charge in [-0.2, -0.15) is 0 Å². The Balaban J connectivity index is 2.10. The van der Waals surface area contributed by atoms with E-state index in [4.69, 9.17) is 5.73 Å². The number of halogens is 1. The maximum atomic E-state index is 5.83. The second-order valence-electron chi connectivity index (χ2n) is 5.32. The average molecular weight is 298 g/mol. The maximum Gasteiger partial charge on any atom is 0.142 e. The van der Waals surface area contributed by atoms with E-state index in [0.29, 0.717) is 5.41 Å². The lowest BCUT2D eigenvalue weighted by atomic mass is 9.80. The van der Waals surface area contributed by atoms with Gasteiger partial charge in [0, 0.05) is 19.3 Å². The minimum absolute atomic E-state index is 0.313. The van der Waals surface area contributed by atoms with Gasteiger partial charge in [-0.1, -0.05) is 6.92 Å². The van der Waals surface area contributed by atoms with Crippen molar-refractivity contribution in [3.05, 3.63) is 22.3 Å². The number of pyridine rings is 1. The molecule has 1 aromatic heterocycles. The molecular formula is C13H20BrN3. The van der Waals surface area contributed by atoms with Crippen LogP contribution in [0.3, 0.4) is 0 Å². The van der Waals surface area contributed by atoms with Gasteiger partial charge in [0.1, 0.15) is 5.82 Å². The van der Waals surface area contributed by atoms with Gasteiger partial charge in [0.15, 0.2) is 0 Å². The summed E-state index contributed by atoms with van der Waals surface area (Å²) >= 11 is 3.60. The number of aromatic nitrogens is 1. The number of piperidine rings is 1. The van der Waals surface area contributed by atoms with Gasteiger partial charge in [-0.25, -0.2) is 4.98 Å². The summed E-state index contributed by atoms with van der Waals surface area (Å²) in [6, 6.07) is 2.12. The number of nitrogens with zero attached hydrogens (tertiary/aromatic N) is 2. The fourth-order valence-electron chi connectivity index (χ4n) is 2.22. The molecule has 0 atom stereocenters. The number of anilines is 1. The molecule has 1 aromatic rings. The van der Waals surface area contributed by atoms with Crippen LogP contribution < -0.4 is 10.6 Å². The predicted octanol–water partition coefficient (Wildman–Crippen LogP) is 2.72. The third-order valence-corrected chi connectivity index (χ3v) is 4.30.